The molecule has 120 valence electrons. The van der Waals surface area contributed by atoms with Gasteiger partial charge in [-0.3, -0.25) is 14.9 Å². The summed E-state index contributed by atoms with van der Waals surface area (Å²) in [5.74, 6) is -2.37. The Labute approximate surface area is 134 Å². The van der Waals surface area contributed by atoms with Crippen LogP contribution in [0.15, 0.2) is 41.3 Å². The van der Waals surface area contributed by atoms with Crippen molar-refractivity contribution in [1.29, 1.82) is 0 Å². The minimum atomic E-state index is -0.982. The molecule has 0 unspecified atom stereocenters. The number of nitrogens with zero attached hydrogens (tertiary/aromatic N) is 1. The predicted molar refractivity (Wildman–Crippen MR) is 83.5 cm³/mol. The molecule has 0 saturated heterocycles. The highest BCUT2D eigenvalue weighted by Gasteiger charge is 2.15. The molecular formula is C15H12F2N2O3S. The average Bonchev–Trinajstić information content (AvgIpc) is 2.50. The zero-order chi connectivity index (χ0) is 17.0. The van der Waals surface area contributed by atoms with Crippen molar-refractivity contribution in [3.05, 3.63) is 63.7 Å². The van der Waals surface area contributed by atoms with Gasteiger partial charge in [-0.2, -0.15) is 0 Å². The summed E-state index contributed by atoms with van der Waals surface area (Å²) in [4.78, 5) is 22.6. The molecule has 23 heavy (non-hydrogen) atoms. The molecule has 1 N–H and O–H groups in total. The topological polar surface area (TPSA) is 72.2 Å². The quantitative estimate of drug-likeness (QED) is 0.510. The summed E-state index contributed by atoms with van der Waals surface area (Å²) in [6.45, 7) is 1.54. The monoisotopic (exact) mass is 338 g/mol. The minimum absolute atomic E-state index is 0.0345. The number of anilines is 1. The molecule has 0 bridgehead atoms. The number of nitro groups is 1. The molecule has 0 atom stereocenters. The van der Waals surface area contributed by atoms with Crippen LogP contribution in [0.3, 0.4) is 0 Å². The minimum Gasteiger partial charge on any atom is -0.325 e. The number of amides is 1. The molecule has 0 aliphatic carbocycles. The van der Waals surface area contributed by atoms with E-state index >= 15 is 0 Å². The SMILES string of the molecule is Cc1c(NC(=O)CSc2ccc(F)c(F)c2)cccc1[N+](=O)[O-]. The normalized spacial score (nSPS) is 10.4. The molecule has 0 radical (unpaired) electrons. The van der Waals surface area contributed by atoms with Crippen molar-refractivity contribution in [3.8, 4) is 0 Å². The molecule has 0 saturated carbocycles. The van der Waals surface area contributed by atoms with Crippen LogP contribution in [0.4, 0.5) is 20.2 Å². The molecule has 0 aliphatic rings. The second-order valence-electron chi connectivity index (χ2n) is 4.62. The zero-order valence-electron chi connectivity index (χ0n) is 12.0. The van der Waals surface area contributed by atoms with Crippen LogP contribution in [0.2, 0.25) is 0 Å². The van der Waals surface area contributed by atoms with Gasteiger partial charge >= 0.3 is 0 Å². The number of carbonyl (C=O) groups excluding carboxylic acids is 1. The van der Waals surface area contributed by atoms with Gasteiger partial charge in [-0.1, -0.05) is 6.07 Å². The molecule has 0 aliphatic heterocycles. The molecule has 2 aromatic carbocycles. The average molecular weight is 338 g/mol. The van der Waals surface area contributed by atoms with Crippen LogP contribution in [0.1, 0.15) is 5.56 Å². The smallest absolute Gasteiger partial charge is 0.274 e. The fourth-order valence-electron chi connectivity index (χ4n) is 1.86. The van der Waals surface area contributed by atoms with Crippen molar-refractivity contribution >= 4 is 29.0 Å². The highest BCUT2D eigenvalue weighted by atomic mass is 32.2. The first kappa shape index (κ1) is 16.9. The summed E-state index contributed by atoms with van der Waals surface area (Å²) in [6.07, 6.45) is 0. The number of rotatable bonds is 5. The van der Waals surface area contributed by atoms with Gasteiger partial charge in [0.1, 0.15) is 0 Å². The summed E-state index contributed by atoms with van der Waals surface area (Å²) in [5, 5.41) is 13.4. The lowest BCUT2D eigenvalue weighted by Gasteiger charge is -2.08. The summed E-state index contributed by atoms with van der Waals surface area (Å²) in [5.41, 5.74) is 0.606. The maximum Gasteiger partial charge on any atom is 0.274 e. The number of hydrogen-bond donors (Lipinski definition) is 1. The van der Waals surface area contributed by atoms with Crippen LogP contribution in [0.5, 0.6) is 0 Å². The van der Waals surface area contributed by atoms with Gasteiger partial charge in [0.25, 0.3) is 5.69 Å². The number of benzene rings is 2. The third-order valence-corrected chi connectivity index (χ3v) is 4.03. The van der Waals surface area contributed by atoms with Gasteiger partial charge in [-0.25, -0.2) is 8.78 Å². The fourth-order valence-corrected chi connectivity index (χ4v) is 2.58. The lowest BCUT2D eigenvalue weighted by atomic mass is 10.1. The third-order valence-electron chi connectivity index (χ3n) is 3.04. The van der Waals surface area contributed by atoms with Gasteiger partial charge in [-0.15, -0.1) is 11.8 Å². The van der Waals surface area contributed by atoms with E-state index in [9.17, 15) is 23.7 Å². The lowest BCUT2D eigenvalue weighted by Crippen LogP contribution is -2.15. The van der Waals surface area contributed by atoms with Crippen LogP contribution in [0.25, 0.3) is 0 Å². The fraction of sp³-hybridized carbons (Fsp3) is 0.133. The summed E-state index contributed by atoms with van der Waals surface area (Å²) >= 11 is 1.03. The van der Waals surface area contributed by atoms with Gasteiger partial charge < -0.3 is 5.32 Å². The number of thioether (sulfide) groups is 1. The molecule has 8 heteroatoms. The van der Waals surface area contributed by atoms with E-state index < -0.39 is 22.5 Å². The number of halogens is 2. The predicted octanol–water partition coefficient (Wildman–Crippen LogP) is 3.91. The van der Waals surface area contributed by atoms with Crippen LogP contribution in [0, 0.1) is 28.7 Å². The van der Waals surface area contributed by atoms with Crippen molar-refractivity contribution in [3.63, 3.8) is 0 Å². The third kappa shape index (κ3) is 4.26. The molecule has 2 aromatic rings. The summed E-state index contributed by atoms with van der Waals surface area (Å²) in [7, 11) is 0. The molecule has 0 heterocycles. The van der Waals surface area contributed by atoms with Gasteiger partial charge in [0.05, 0.1) is 21.9 Å². The first-order valence-corrected chi connectivity index (χ1v) is 7.48. The number of carbonyl (C=O) groups is 1. The molecule has 1 amide bonds. The van der Waals surface area contributed by atoms with Gasteiger partial charge in [0, 0.05) is 11.0 Å². The van der Waals surface area contributed by atoms with Crippen molar-refractivity contribution in [2.75, 3.05) is 11.1 Å². The standard InChI is InChI=1S/C15H12F2N2O3S/c1-9-13(3-2-4-14(9)19(21)22)18-15(20)8-23-10-5-6-11(16)12(17)7-10/h2-7H,8H2,1H3,(H,18,20). The molecule has 0 spiro atoms. The molecule has 2 rings (SSSR count). The van der Waals surface area contributed by atoms with E-state index in [1.165, 1.54) is 25.1 Å². The second-order valence-corrected chi connectivity index (χ2v) is 5.67. The Bertz CT molecular complexity index is 768. The van der Waals surface area contributed by atoms with Gasteiger partial charge in [0.2, 0.25) is 5.91 Å². The van der Waals surface area contributed by atoms with E-state index in [4.69, 9.17) is 0 Å². The van der Waals surface area contributed by atoms with Gasteiger partial charge in [-0.05, 0) is 31.2 Å². The van der Waals surface area contributed by atoms with Crippen molar-refractivity contribution < 1.29 is 18.5 Å². The van der Waals surface area contributed by atoms with E-state index in [1.807, 2.05) is 0 Å². The maximum absolute atomic E-state index is 13.1. The number of nitrogens with one attached hydrogen (secondary N) is 1. The first-order valence-electron chi connectivity index (χ1n) is 6.50. The van der Waals surface area contributed by atoms with Crippen molar-refractivity contribution in [2.45, 2.75) is 11.8 Å². The Kier molecular flexibility index (Phi) is 5.28. The molecule has 5 nitrogen and oxygen atoms in total. The Balaban J connectivity index is 2.01. The second kappa shape index (κ2) is 7.19. The Morgan fingerprint density at radius 3 is 2.65 bits per heavy atom. The van der Waals surface area contributed by atoms with Crippen molar-refractivity contribution in [2.24, 2.45) is 0 Å². The van der Waals surface area contributed by atoms with Gasteiger partial charge in [0.15, 0.2) is 11.6 Å². The summed E-state index contributed by atoms with van der Waals surface area (Å²) < 4.78 is 25.9. The highest BCUT2D eigenvalue weighted by molar-refractivity contribution is 8.00. The lowest BCUT2D eigenvalue weighted by molar-refractivity contribution is -0.385. The number of hydrogen-bond acceptors (Lipinski definition) is 4. The van der Waals surface area contributed by atoms with E-state index in [0.29, 0.717) is 16.1 Å². The first-order chi connectivity index (χ1) is 10.9. The Morgan fingerprint density at radius 1 is 1.26 bits per heavy atom. The largest absolute Gasteiger partial charge is 0.325 e. The summed E-state index contributed by atoms with van der Waals surface area (Å²) in [6, 6.07) is 7.74. The van der Waals surface area contributed by atoms with Crippen molar-refractivity contribution in [1.82, 2.24) is 0 Å². The highest BCUT2D eigenvalue weighted by Crippen LogP contribution is 2.26. The van der Waals surface area contributed by atoms with Crippen LogP contribution >= 0.6 is 11.8 Å². The van der Waals surface area contributed by atoms with E-state index in [-0.39, 0.29) is 11.4 Å². The molecule has 0 fully saturated rings. The van der Waals surface area contributed by atoms with E-state index in [1.54, 1.807) is 6.07 Å². The zero-order valence-corrected chi connectivity index (χ0v) is 12.8. The van der Waals surface area contributed by atoms with E-state index in [0.717, 1.165) is 23.9 Å². The molecular weight excluding hydrogens is 326 g/mol. The van der Waals surface area contributed by atoms with E-state index in [2.05, 4.69) is 5.32 Å². The Hall–Kier alpha value is -2.48. The maximum atomic E-state index is 13.1. The van der Waals surface area contributed by atoms with Crippen LogP contribution in [-0.4, -0.2) is 16.6 Å². The molecule has 0 aromatic heterocycles. The van der Waals surface area contributed by atoms with Crippen LogP contribution in [-0.2, 0) is 4.79 Å². The number of nitro benzene ring substituents is 1. The van der Waals surface area contributed by atoms with Crippen LogP contribution < -0.4 is 5.32 Å². The Morgan fingerprint density at radius 2 is 2.00 bits per heavy atom.